The number of carbonyl (C=O) groups excluding carboxylic acids is 1. The molecule has 0 saturated heterocycles. The van der Waals surface area contributed by atoms with E-state index in [0.29, 0.717) is 28.7 Å². The fourth-order valence-corrected chi connectivity index (χ4v) is 2.03. The number of benzene rings is 1. The maximum Gasteiger partial charge on any atom is 0.225 e. The third-order valence-electron chi connectivity index (χ3n) is 2.69. The Labute approximate surface area is 119 Å². The van der Waals surface area contributed by atoms with Gasteiger partial charge in [0.25, 0.3) is 0 Å². The predicted molar refractivity (Wildman–Crippen MR) is 81.4 cm³/mol. The van der Waals surface area contributed by atoms with E-state index in [1.807, 2.05) is 7.05 Å². The highest BCUT2D eigenvalue weighted by Gasteiger charge is 2.08. The number of carbonyl (C=O) groups is 1. The van der Waals surface area contributed by atoms with E-state index < -0.39 is 0 Å². The van der Waals surface area contributed by atoms with Crippen molar-refractivity contribution in [2.45, 2.75) is 20.3 Å². The molecule has 0 bridgehead atoms. The molecule has 1 aromatic carbocycles. The number of rotatable bonds is 6. The molecule has 0 heterocycles. The van der Waals surface area contributed by atoms with Crippen molar-refractivity contribution in [1.82, 2.24) is 4.90 Å². The molecule has 106 valence electrons. The molecule has 0 aliphatic carbocycles. The molecule has 1 rings (SSSR count). The summed E-state index contributed by atoms with van der Waals surface area (Å²) >= 11 is 5.87. The number of nitrogens with one attached hydrogen (secondary N) is 1. The Morgan fingerprint density at radius 1 is 1.47 bits per heavy atom. The molecule has 0 saturated carbocycles. The lowest BCUT2D eigenvalue weighted by Crippen LogP contribution is -2.27. The number of nitrogens with two attached hydrogens (primary N) is 1. The van der Waals surface area contributed by atoms with Crippen molar-refractivity contribution in [3.63, 3.8) is 0 Å². The first-order valence-corrected chi connectivity index (χ1v) is 6.79. The Hall–Kier alpha value is -1.26. The molecule has 0 aliphatic heterocycles. The second kappa shape index (κ2) is 7.36. The maximum absolute atomic E-state index is 11.8. The van der Waals surface area contributed by atoms with E-state index in [1.54, 1.807) is 18.2 Å². The van der Waals surface area contributed by atoms with Crippen molar-refractivity contribution in [2.24, 2.45) is 5.92 Å². The zero-order chi connectivity index (χ0) is 14.4. The standard InChI is InChI=1S/C14H22ClN3O/c1-10(2)9-18(3)7-6-14(19)17-13-8-11(15)4-5-12(13)16/h4-5,8,10H,6-7,9,16H2,1-3H3,(H,17,19). The number of anilines is 2. The summed E-state index contributed by atoms with van der Waals surface area (Å²) in [6.07, 6.45) is 0.440. The van der Waals surface area contributed by atoms with Gasteiger partial charge in [-0.1, -0.05) is 25.4 Å². The fourth-order valence-electron chi connectivity index (χ4n) is 1.86. The average molecular weight is 284 g/mol. The second-order valence-electron chi connectivity index (χ2n) is 5.19. The van der Waals surface area contributed by atoms with Crippen LogP contribution in [-0.2, 0) is 4.79 Å². The molecule has 0 unspecified atom stereocenters. The lowest BCUT2D eigenvalue weighted by atomic mass is 10.2. The van der Waals surface area contributed by atoms with Crippen LogP contribution in [0.4, 0.5) is 11.4 Å². The molecular weight excluding hydrogens is 262 g/mol. The zero-order valence-electron chi connectivity index (χ0n) is 11.7. The first kappa shape index (κ1) is 15.8. The topological polar surface area (TPSA) is 58.4 Å². The number of nitrogens with zero attached hydrogens (tertiary/aromatic N) is 1. The minimum absolute atomic E-state index is 0.0513. The largest absolute Gasteiger partial charge is 0.397 e. The van der Waals surface area contributed by atoms with Crippen LogP contribution < -0.4 is 11.1 Å². The second-order valence-corrected chi connectivity index (χ2v) is 5.62. The minimum atomic E-state index is -0.0513. The molecule has 19 heavy (non-hydrogen) atoms. The van der Waals surface area contributed by atoms with Gasteiger partial charge in [-0.3, -0.25) is 4.79 Å². The molecule has 3 N–H and O–H groups in total. The molecule has 0 aromatic heterocycles. The van der Waals surface area contributed by atoms with Crippen LogP contribution in [-0.4, -0.2) is 30.9 Å². The zero-order valence-corrected chi connectivity index (χ0v) is 12.5. The normalized spacial score (nSPS) is 11.1. The van der Waals surface area contributed by atoms with E-state index in [0.717, 1.165) is 13.1 Å². The van der Waals surface area contributed by atoms with Gasteiger partial charge in [-0.05, 0) is 31.2 Å². The molecule has 0 radical (unpaired) electrons. The van der Waals surface area contributed by atoms with Crippen LogP contribution in [0.25, 0.3) is 0 Å². The lowest BCUT2D eigenvalue weighted by Gasteiger charge is -2.18. The number of hydrogen-bond acceptors (Lipinski definition) is 3. The highest BCUT2D eigenvalue weighted by atomic mass is 35.5. The van der Waals surface area contributed by atoms with Gasteiger partial charge < -0.3 is 16.0 Å². The van der Waals surface area contributed by atoms with Gasteiger partial charge in [0.1, 0.15) is 0 Å². The molecular formula is C14H22ClN3O. The summed E-state index contributed by atoms with van der Waals surface area (Å²) in [5, 5.41) is 3.34. The van der Waals surface area contributed by atoms with Crippen molar-refractivity contribution in [2.75, 3.05) is 31.2 Å². The average Bonchev–Trinajstić information content (AvgIpc) is 2.30. The minimum Gasteiger partial charge on any atom is -0.397 e. The van der Waals surface area contributed by atoms with E-state index in [4.69, 9.17) is 17.3 Å². The van der Waals surface area contributed by atoms with Crippen LogP contribution in [0.3, 0.4) is 0 Å². The van der Waals surface area contributed by atoms with Crippen LogP contribution in [0.1, 0.15) is 20.3 Å². The Morgan fingerprint density at radius 2 is 2.16 bits per heavy atom. The Balaban J connectivity index is 2.45. The van der Waals surface area contributed by atoms with Crippen molar-refractivity contribution >= 4 is 28.9 Å². The first-order valence-electron chi connectivity index (χ1n) is 6.42. The fraction of sp³-hybridized carbons (Fsp3) is 0.500. The highest BCUT2D eigenvalue weighted by Crippen LogP contribution is 2.22. The highest BCUT2D eigenvalue weighted by molar-refractivity contribution is 6.31. The van der Waals surface area contributed by atoms with E-state index in [1.165, 1.54) is 0 Å². The van der Waals surface area contributed by atoms with Gasteiger partial charge in [0.2, 0.25) is 5.91 Å². The van der Waals surface area contributed by atoms with Gasteiger partial charge in [0.05, 0.1) is 11.4 Å². The van der Waals surface area contributed by atoms with E-state index in [9.17, 15) is 4.79 Å². The van der Waals surface area contributed by atoms with Crippen molar-refractivity contribution < 1.29 is 4.79 Å². The lowest BCUT2D eigenvalue weighted by molar-refractivity contribution is -0.116. The first-order chi connectivity index (χ1) is 8.88. The van der Waals surface area contributed by atoms with Crippen LogP contribution >= 0.6 is 11.6 Å². The molecule has 4 nitrogen and oxygen atoms in total. The number of nitrogen functional groups attached to an aromatic ring is 1. The van der Waals surface area contributed by atoms with Gasteiger partial charge in [0.15, 0.2) is 0 Å². The summed E-state index contributed by atoms with van der Waals surface area (Å²) in [7, 11) is 2.01. The van der Waals surface area contributed by atoms with Crippen molar-refractivity contribution in [3.8, 4) is 0 Å². The molecule has 1 amide bonds. The molecule has 0 atom stereocenters. The number of amides is 1. The van der Waals surface area contributed by atoms with Gasteiger partial charge in [-0.15, -0.1) is 0 Å². The molecule has 0 aliphatic rings. The summed E-state index contributed by atoms with van der Waals surface area (Å²) in [5.41, 5.74) is 6.87. The summed E-state index contributed by atoms with van der Waals surface area (Å²) < 4.78 is 0. The summed E-state index contributed by atoms with van der Waals surface area (Å²) in [6, 6.07) is 5.04. The van der Waals surface area contributed by atoms with Crippen LogP contribution in [0.5, 0.6) is 0 Å². The molecule has 0 fully saturated rings. The van der Waals surface area contributed by atoms with E-state index in [-0.39, 0.29) is 5.91 Å². The Kier molecular flexibility index (Phi) is 6.12. The van der Waals surface area contributed by atoms with Crippen LogP contribution in [0.15, 0.2) is 18.2 Å². The van der Waals surface area contributed by atoms with Crippen LogP contribution in [0, 0.1) is 5.92 Å². The summed E-state index contributed by atoms with van der Waals surface area (Å²) in [6.45, 7) is 6.02. The third kappa shape index (κ3) is 5.94. The summed E-state index contributed by atoms with van der Waals surface area (Å²) in [5.74, 6) is 0.543. The smallest absolute Gasteiger partial charge is 0.225 e. The van der Waals surface area contributed by atoms with Gasteiger partial charge in [0, 0.05) is 24.5 Å². The quantitative estimate of drug-likeness (QED) is 0.789. The van der Waals surface area contributed by atoms with Crippen LogP contribution in [0.2, 0.25) is 5.02 Å². The Morgan fingerprint density at radius 3 is 2.79 bits per heavy atom. The summed E-state index contributed by atoms with van der Waals surface area (Å²) in [4.78, 5) is 14.0. The molecule has 5 heteroatoms. The van der Waals surface area contributed by atoms with E-state index >= 15 is 0 Å². The maximum atomic E-state index is 11.8. The Bertz CT molecular complexity index is 435. The third-order valence-corrected chi connectivity index (χ3v) is 2.92. The number of hydrogen-bond donors (Lipinski definition) is 2. The van der Waals surface area contributed by atoms with E-state index in [2.05, 4.69) is 24.1 Å². The van der Waals surface area contributed by atoms with Crippen molar-refractivity contribution in [3.05, 3.63) is 23.2 Å². The molecule has 0 spiro atoms. The van der Waals surface area contributed by atoms with Crippen molar-refractivity contribution in [1.29, 1.82) is 0 Å². The van der Waals surface area contributed by atoms with Gasteiger partial charge in [-0.25, -0.2) is 0 Å². The number of halogens is 1. The van der Waals surface area contributed by atoms with Gasteiger partial charge >= 0.3 is 0 Å². The predicted octanol–water partition coefficient (Wildman–Crippen LogP) is 2.84. The SMILES string of the molecule is CC(C)CN(C)CCC(=O)Nc1cc(Cl)ccc1N. The van der Waals surface area contributed by atoms with Gasteiger partial charge in [-0.2, -0.15) is 0 Å². The monoisotopic (exact) mass is 283 g/mol. The molecule has 1 aromatic rings.